The van der Waals surface area contributed by atoms with E-state index in [0.29, 0.717) is 5.69 Å². The lowest BCUT2D eigenvalue weighted by Crippen LogP contribution is -2.25. The molecule has 0 amide bonds. The number of benzene rings is 1. The van der Waals surface area contributed by atoms with Gasteiger partial charge in [-0.25, -0.2) is 8.42 Å². The molecular weight excluding hydrogens is 282 g/mol. The molecule has 1 fully saturated rings. The monoisotopic (exact) mass is 309 g/mol. The third-order valence-corrected chi connectivity index (χ3v) is 6.03. The SMILES string of the molecule is CC(CCC1CC1)S(=O)(=O)Nc1ccc(C(C)(C)C)cc1. The van der Waals surface area contributed by atoms with E-state index in [0.717, 1.165) is 18.8 Å². The Hall–Kier alpha value is -1.03. The molecule has 1 N–H and O–H groups in total. The number of hydrogen-bond acceptors (Lipinski definition) is 2. The van der Waals surface area contributed by atoms with Gasteiger partial charge in [0.2, 0.25) is 10.0 Å². The molecule has 0 heterocycles. The topological polar surface area (TPSA) is 46.2 Å². The molecule has 2 rings (SSSR count). The van der Waals surface area contributed by atoms with E-state index in [1.807, 2.05) is 24.3 Å². The van der Waals surface area contributed by atoms with Gasteiger partial charge in [0.05, 0.1) is 5.25 Å². The van der Waals surface area contributed by atoms with Crippen LogP contribution in [0.2, 0.25) is 0 Å². The Morgan fingerprint density at radius 2 is 1.76 bits per heavy atom. The second-order valence-electron chi connectivity index (χ2n) is 7.31. The Morgan fingerprint density at radius 3 is 2.24 bits per heavy atom. The van der Waals surface area contributed by atoms with Gasteiger partial charge in [-0.3, -0.25) is 4.72 Å². The zero-order chi connectivity index (χ0) is 15.7. The van der Waals surface area contributed by atoms with Crippen LogP contribution >= 0.6 is 0 Å². The van der Waals surface area contributed by atoms with E-state index in [1.165, 1.54) is 18.4 Å². The van der Waals surface area contributed by atoms with Crippen molar-refractivity contribution in [1.29, 1.82) is 0 Å². The second-order valence-corrected chi connectivity index (χ2v) is 9.40. The summed E-state index contributed by atoms with van der Waals surface area (Å²) in [4.78, 5) is 0. The summed E-state index contributed by atoms with van der Waals surface area (Å²) in [5, 5.41) is -0.333. The van der Waals surface area contributed by atoms with Crippen molar-refractivity contribution in [3.8, 4) is 0 Å². The van der Waals surface area contributed by atoms with Crippen molar-refractivity contribution in [3.05, 3.63) is 29.8 Å². The van der Waals surface area contributed by atoms with E-state index in [-0.39, 0.29) is 10.7 Å². The fourth-order valence-corrected chi connectivity index (χ4v) is 3.45. The molecule has 0 aromatic heterocycles. The first-order valence-corrected chi connectivity index (χ1v) is 9.35. The minimum absolute atomic E-state index is 0.0783. The van der Waals surface area contributed by atoms with Gasteiger partial charge >= 0.3 is 0 Å². The highest BCUT2D eigenvalue weighted by molar-refractivity contribution is 7.93. The van der Waals surface area contributed by atoms with Crippen molar-refractivity contribution >= 4 is 15.7 Å². The summed E-state index contributed by atoms with van der Waals surface area (Å²) in [6.45, 7) is 8.23. The Balaban J connectivity index is 1.98. The minimum atomic E-state index is -3.28. The molecular formula is C17H27NO2S. The summed E-state index contributed by atoms with van der Waals surface area (Å²) in [5.41, 5.74) is 1.93. The zero-order valence-electron chi connectivity index (χ0n) is 13.5. The van der Waals surface area contributed by atoms with Gasteiger partial charge in [0.15, 0.2) is 0 Å². The molecule has 1 aliphatic rings. The van der Waals surface area contributed by atoms with E-state index in [1.54, 1.807) is 6.92 Å². The van der Waals surface area contributed by atoms with Crippen LogP contribution in [0.25, 0.3) is 0 Å². The molecule has 1 unspecified atom stereocenters. The van der Waals surface area contributed by atoms with Crippen molar-refractivity contribution in [2.75, 3.05) is 4.72 Å². The van der Waals surface area contributed by atoms with Crippen LogP contribution in [0.15, 0.2) is 24.3 Å². The first kappa shape index (κ1) is 16.3. The molecule has 21 heavy (non-hydrogen) atoms. The van der Waals surface area contributed by atoms with Gasteiger partial charge < -0.3 is 0 Å². The predicted octanol–water partition coefficient (Wildman–Crippen LogP) is 4.30. The van der Waals surface area contributed by atoms with Crippen molar-refractivity contribution in [1.82, 2.24) is 0 Å². The number of rotatable bonds is 6. The average molecular weight is 309 g/mol. The Labute approximate surface area is 129 Å². The molecule has 0 bridgehead atoms. The van der Waals surface area contributed by atoms with Crippen LogP contribution < -0.4 is 4.72 Å². The molecule has 1 aliphatic carbocycles. The van der Waals surface area contributed by atoms with Crippen LogP contribution in [0.4, 0.5) is 5.69 Å². The lowest BCUT2D eigenvalue weighted by Gasteiger charge is -2.20. The van der Waals surface area contributed by atoms with Crippen molar-refractivity contribution in [2.24, 2.45) is 5.92 Å². The van der Waals surface area contributed by atoms with Crippen molar-refractivity contribution in [2.45, 2.75) is 64.0 Å². The maximum atomic E-state index is 12.3. The minimum Gasteiger partial charge on any atom is -0.283 e. The van der Waals surface area contributed by atoms with Gasteiger partial charge in [-0.1, -0.05) is 45.7 Å². The first-order chi connectivity index (χ1) is 9.68. The highest BCUT2D eigenvalue weighted by Crippen LogP contribution is 2.34. The van der Waals surface area contributed by atoms with Crippen LogP contribution in [0.1, 0.15) is 58.9 Å². The van der Waals surface area contributed by atoms with Gasteiger partial charge in [0.1, 0.15) is 0 Å². The largest absolute Gasteiger partial charge is 0.283 e. The second kappa shape index (κ2) is 5.99. The fraction of sp³-hybridized carbons (Fsp3) is 0.647. The molecule has 0 aliphatic heterocycles. The summed E-state index contributed by atoms with van der Waals surface area (Å²) in [6.07, 6.45) is 4.33. The Kier molecular flexibility index (Phi) is 4.66. The number of nitrogens with one attached hydrogen (secondary N) is 1. The number of sulfonamides is 1. The molecule has 0 radical (unpaired) electrons. The molecule has 1 aromatic carbocycles. The maximum Gasteiger partial charge on any atom is 0.235 e. The average Bonchev–Trinajstić information content (AvgIpc) is 3.19. The summed E-state index contributed by atoms with van der Waals surface area (Å²) >= 11 is 0. The maximum absolute atomic E-state index is 12.3. The van der Waals surface area contributed by atoms with Crippen LogP contribution in [0, 0.1) is 5.92 Å². The van der Waals surface area contributed by atoms with Crippen LogP contribution in [-0.2, 0) is 15.4 Å². The normalized spacial score (nSPS) is 17.5. The predicted molar refractivity (Wildman–Crippen MR) is 89.1 cm³/mol. The Bertz CT molecular complexity index is 566. The quantitative estimate of drug-likeness (QED) is 0.851. The molecule has 1 atom stereocenters. The van der Waals surface area contributed by atoms with E-state index in [4.69, 9.17) is 0 Å². The molecule has 0 saturated heterocycles. The molecule has 3 nitrogen and oxygen atoms in total. The molecule has 118 valence electrons. The summed E-state index contributed by atoms with van der Waals surface area (Å²) in [5.74, 6) is 0.772. The van der Waals surface area contributed by atoms with Crippen LogP contribution in [-0.4, -0.2) is 13.7 Å². The smallest absolute Gasteiger partial charge is 0.235 e. The van der Waals surface area contributed by atoms with Crippen LogP contribution in [0.3, 0.4) is 0 Å². The number of hydrogen-bond donors (Lipinski definition) is 1. The third-order valence-electron chi connectivity index (χ3n) is 4.22. The number of anilines is 1. The van der Waals surface area contributed by atoms with Gasteiger partial charge in [0.25, 0.3) is 0 Å². The summed E-state index contributed by atoms with van der Waals surface area (Å²) in [6, 6.07) is 7.69. The standard InChI is InChI=1S/C17H27NO2S/c1-13(5-6-14-7-8-14)21(19,20)18-16-11-9-15(10-12-16)17(2,3)4/h9-14,18H,5-8H2,1-4H3. The van der Waals surface area contributed by atoms with Gasteiger partial charge in [-0.2, -0.15) is 0 Å². The van der Waals surface area contributed by atoms with Gasteiger partial charge in [-0.05, 0) is 48.8 Å². The molecule has 1 saturated carbocycles. The van der Waals surface area contributed by atoms with Gasteiger partial charge in [-0.15, -0.1) is 0 Å². The summed E-state index contributed by atoms with van der Waals surface area (Å²) in [7, 11) is -3.28. The fourth-order valence-electron chi connectivity index (χ4n) is 2.34. The van der Waals surface area contributed by atoms with E-state index < -0.39 is 10.0 Å². The van der Waals surface area contributed by atoms with E-state index >= 15 is 0 Å². The van der Waals surface area contributed by atoms with Crippen LogP contribution in [0.5, 0.6) is 0 Å². The van der Waals surface area contributed by atoms with E-state index in [9.17, 15) is 8.42 Å². The highest BCUT2D eigenvalue weighted by atomic mass is 32.2. The highest BCUT2D eigenvalue weighted by Gasteiger charge is 2.26. The lowest BCUT2D eigenvalue weighted by molar-refractivity contribution is 0.570. The lowest BCUT2D eigenvalue weighted by atomic mass is 9.87. The zero-order valence-corrected chi connectivity index (χ0v) is 14.3. The van der Waals surface area contributed by atoms with Crippen molar-refractivity contribution < 1.29 is 8.42 Å². The molecule has 1 aromatic rings. The molecule has 4 heteroatoms. The summed E-state index contributed by atoms with van der Waals surface area (Å²) < 4.78 is 27.3. The third kappa shape index (κ3) is 4.73. The van der Waals surface area contributed by atoms with Gasteiger partial charge in [0, 0.05) is 5.69 Å². The molecule has 0 spiro atoms. The first-order valence-electron chi connectivity index (χ1n) is 7.80. The van der Waals surface area contributed by atoms with E-state index in [2.05, 4.69) is 25.5 Å². The van der Waals surface area contributed by atoms with Crippen molar-refractivity contribution in [3.63, 3.8) is 0 Å². The Morgan fingerprint density at radius 1 is 1.19 bits per heavy atom.